The van der Waals surface area contributed by atoms with Crippen molar-refractivity contribution in [3.8, 4) is 17.6 Å². The summed E-state index contributed by atoms with van der Waals surface area (Å²) in [5, 5.41) is 0. The van der Waals surface area contributed by atoms with Crippen molar-refractivity contribution in [2.45, 2.75) is 26.8 Å². The molecule has 0 aromatic heterocycles. The van der Waals surface area contributed by atoms with E-state index in [0.29, 0.717) is 6.54 Å². The van der Waals surface area contributed by atoms with Gasteiger partial charge in [0.15, 0.2) is 0 Å². The Morgan fingerprint density at radius 2 is 2.00 bits per heavy atom. The molecule has 0 aliphatic carbocycles. The van der Waals surface area contributed by atoms with E-state index < -0.39 is 0 Å². The predicted molar refractivity (Wildman–Crippen MR) is 87.1 cm³/mol. The predicted octanol–water partition coefficient (Wildman–Crippen LogP) is 2.48. The summed E-state index contributed by atoms with van der Waals surface area (Å²) >= 11 is 0. The molecule has 2 N–H and O–H groups in total. The summed E-state index contributed by atoms with van der Waals surface area (Å²) in [6.45, 7) is 8.40. The maximum atomic E-state index is 5.46. The second-order valence-corrected chi connectivity index (χ2v) is 6.18. The Labute approximate surface area is 128 Å². The molecule has 3 heteroatoms. The lowest BCUT2D eigenvalue weighted by atomic mass is 9.91. The average Bonchev–Trinajstić information content (AvgIpc) is 2.44. The van der Waals surface area contributed by atoms with E-state index in [0.717, 1.165) is 29.7 Å². The number of nitrogens with two attached hydrogens (primary N) is 1. The average molecular weight is 286 g/mol. The van der Waals surface area contributed by atoms with Crippen LogP contribution in [0.15, 0.2) is 18.2 Å². The number of benzene rings is 1. The SMILES string of the molecule is COc1ccc(CN2CC(C)CC(C)C2)cc1C#CCN. The second-order valence-electron chi connectivity index (χ2n) is 6.18. The Hall–Kier alpha value is -1.50. The van der Waals surface area contributed by atoms with E-state index in [9.17, 15) is 0 Å². The van der Waals surface area contributed by atoms with Gasteiger partial charge in [-0.25, -0.2) is 0 Å². The van der Waals surface area contributed by atoms with Crippen molar-refractivity contribution in [2.75, 3.05) is 26.7 Å². The smallest absolute Gasteiger partial charge is 0.134 e. The van der Waals surface area contributed by atoms with Crippen LogP contribution in [0, 0.1) is 23.7 Å². The summed E-state index contributed by atoms with van der Waals surface area (Å²) in [6.07, 6.45) is 1.34. The van der Waals surface area contributed by atoms with Crippen molar-refractivity contribution in [1.29, 1.82) is 0 Å². The highest BCUT2D eigenvalue weighted by molar-refractivity contribution is 5.48. The van der Waals surface area contributed by atoms with E-state index in [1.54, 1.807) is 7.11 Å². The first-order chi connectivity index (χ1) is 10.1. The van der Waals surface area contributed by atoms with Crippen LogP contribution in [0.4, 0.5) is 0 Å². The highest BCUT2D eigenvalue weighted by Crippen LogP contribution is 2.24. The molecule has 0 saturated carbocycles. The number of rotatable bonds is 3. The number of likely N-dealkylation sites (tertiary alicyclic amines) is 1. The molecule has 0 bridgehead atoms. The van der Waals surface area contributed by atoms with Crippen LogP contribution in [0.5, 0.6) is 5.75 Å². The molecule has 1 saturated heterocycles. The molecule has 1 aliphatic heterocycles. The third kappa shape index (κ3) is 4.49. The van der Waals surface area contributed by atoms with E-state index in [1.165, 1.54) is 25.1 Å². The fraction of sp³-hybridized carbons (Fsp3) is 0.556. The third-order valence-electron chi connectivity index (χ3n) is 3.94. The first kappa shape index (κ1) is 15.9. The fourth-order valence-electron chi connectivity index (χ4n) is 3.28. The van der Waals surface area contributed by atoms with Gasteiger partial charge in [-0.15, -0.1) is 0 Å². The van der Waals surface area contributed by atoms with Crippen molar-refractivity contribution in [2.24, 2.45) is 17.6 Å². The standard InChI is InChI=1S/C18H26N2O/c1-14-9-15(2)12-20(11-14)13-16-6-7-18(21-3)17(10-16)5-4-8-19/h6-7,10,14-15H,8-9,11-13,19H2,1-3H3. The minimum atomic E-state index is 0.370. The maximum Gasteiger partial charge on any atom is 0.134 e. The minimum Gasteiger partial charge on any atom is -0.495 e. The lowest BCUT2D eigenvalue weighted by molar-refractivity contribution is 0.134. The van der Waals surface area contributed by atoms with Crippen LogP contribution in [0.1, 0.15) is 31.4 Å². The molecular formula is C18H26N2O. The number of piperidine rings is 1. The van der Waals surface area contributed by atoms with Gasteiger partial charge in [0.1, 0.15) is 5.75 Å². The van der Waals surface area contributed by atoms with Gasteiger partial charge in [0.05, 0.1) is 19.2 Å². The topological polar surface area (TPSA) is 38.5 Å². The fourth-order valence-corrected chi connectivity index (χ4v) is 3.28. The monoisotopic (exact) mass is 286 g/mol. The first-order valence-corrected chi connectivity index (χ1v) is 7.70. The molecule has 0 amide bonds. The Bertz CT molecular complexity index is 520. The van der Waals surface area contributed by atoms with Crippen LogP contribution in [-0.4, -0.2) is 31.6 Å². The summed E-state index contributed by atoms with van der Waals surface area (Å²) in [5.74, 6) is 8.39. The molecule has 2 rings (SSSR count). The van der Waals surface area contributed by atoms with Gasteiger partial charge < -0.3 is 10.5 Å². The summed E-state index contributed by atoms with van der Waals surface area (Å²) in [4.78, 5) is 2.54. The van der Waals surface area contributed by atoms with Crippen LogP contribution in [0.2, 0.25) is 0 Å². The van der Waals surface area contributed by atoms with Crippen molar-refractivity contribution < 1.29 is 4.74 Å². The van der Waals surface area contributed by atoms with Crippen LogP contribution < -0.4 is 10.5 Å². The second kappa shape index (κ2) is 7.49. The molecule has 1 heterocycles. The Balaban J connectivity index is 2.13. The minimum absolute atomic E-state index is 0.370. The summed E-state index contributed by atoms with van der Waals surface area (Å²) in [7, 11) is 1.68. The van der Waals surface area contributed by atoms with Gasteiger partial charge >= 0.3 is 0 Å². The summed E-state index contributed by atoms with van der Waals surface area (Å²) in [6, 6.07) is 6.27. The number of nitrogens with zero attached hydrogens (tertiary/aromatic N) is 1. The summed E-state index contributed by atoms with van der Waals surface area (Å²) < 4.78 is 5.36. The molecule has 114 valence electrons. The number of methoxy groups -OCH3 is 1. The summed E-state index contributed by atoms with van der Waals surface area (Å²) in [5.41, 5.74) is 7.68. The van der Waals surface area contributed by atoms with Gasteiger partial charge in [0.2, 0.25) is 0 Å². The lowest BCUT2D eigenvalue weighted by Gasteiger charge is -2.35. The van der Waals surface area contributed by atoms with Gasteiger partial charge in [-0.3, -0.25) is 4.90 Å². The zero-order valence-electron chi connectivity index (χ0n) is 13.4. The van der Waals surface area contributed by atoms with Crippen molar-refractivity contribution in [3.05, 3.63) is 29.3 Å². The van der Waals surface area contributed by atoms with Gasteiger partial charge in [0, 0.05) is 19.6 Å². The Kier molecular flexibility index (Phi) is 5.67. The molecule has 0 radical (unpaired) electrons. The molecular weight excluding hydrogens is 260 g/mol. The van der Waals surface area contributed by atoms with E-state index in [-0.39, 0.29) is 0 Å². The van der Waals surface area contributed by atoms with Crippen LogP contribution in [-0.2, 0) is 6.54 Å². The molecule has 1 fully saturated rings. The number of hydrogen-bond donors (Lipinski definition) is 1. The van der Waals surface area contributed by atoms with E-state index in [2.05, 4.69) is 42.7 Å². The Morgan fingerprint density at radius 1 is 1.29 bits per heavy atom. The van der Waals surface area contributed by atoms with E-state index in [4.69, 9.17) is 10.5 Å². The number of hydrogen-bond acceptors (Lipinski definition) is 3. The van der Waals surface area contributed by atoms with Crippen LogP contribution in [0.3, 0.4) is 0 Å². The van der Waals surface area contributed by atoms with Gasteiger partial charge in [-0.05, 0) is 36.0 Å². The third-order valence-corrected chi connectivity index (χ3v) is 3.94. The Morgan fingerprint density at radius 3 is 2.62 bits per heavy atom. The zero-order valence-corrected chi connectivity index (χ0v) is 13.4. The zero-order chi connectivity index (χ0) is 15.2. The molecule has 1 aromatic carbocycles. The van der Waals surface area contributed by atoms with Crippen molar-refractivity contribution in [1.82, 2.24) is 4.90 Å². The van der Waals surface area contributed by atoms with Crippen molar-refractivity contribution >= 4 is 0 Å². The van der Waals surface area contributed by atoms with Crippen molar-refractivity contribution in [3.63, 3.8) is 0 Å². The van der Waals surface area contributed by atoms with Gasteiger partial charge in [-0.1, -0.05) is 31.8 Å². The normalized spacial score (nSPS) is 22.5. The molecule has 21 heavy (non-hydrogen) atoms. The largest absolute Gasteiger partial charge is 0.495 e. The van der Waals surface area contributed by atoms with Gasteiger partial charge in [-0.2, -0.15) is 0 Å². The van der Waals surface area contributed by atoms with Crippen LogP contribution in [0.25, 0.3) is 0 Å². The molecule has 2 unspecified atom stereocenters. The quantitative estimate of drug-likeness (QED) is 0.868. The lowest BCUT2D eigenvalue weighted by Crippen LogP contribution is -2.38. The molecule has 1 aromatic rings. The molecule has 1 aliphatic rings. The first-order valence-electron chi connectivity index (χ1n) is 7.70. The highest BCUT2D eigenvalue weighted by Gasteiger charge is 2.21. The van der Waals surface area contributed by atoms with E-state index in [1.807, 2.05) is 6.07 Å². The van der Waals surface area contributed by atoms with Gasteiger partial charge in [0.25, 0.3) is 0 Å². The number of ether oxygens (including phenoxy) is 1. The van der Waals surface area contributed by atoms with Crippen LogP contribution >= 0.6 is 0 Å². The molecule has 3 nitrogen and oxygen atoms in total. The molecule has 2 atom stereocenters. The maximum absolute atomic E-state index is 5.46. The van der Waals surface area contributed by atoms with E-state index >= 15 is 0 Å². The molecule has 0 spiro atoms. The highest BCUT2D eigenvalue weighted by atomic mass is 16.5.